The van der Waals surface area contributed by atoms with Crippen molar-refractivity contribution in [2.75, 3.05) is 18.1 Å². The first-order valence-corrected chi connectivity index (χ1v) is 7.92. The molecule has 0 aromatic heterocycles. The van der Waals surface area contributed by atoms with Crippen LogP contribution in [0.2, 0.25) is 0 Å². The summed E-state index contributed by atoms with van der Waals surface area (Å²) in [5.41, 5.74) is 7.28. The Morgan fingerprint density at radius 1 is 1.42 bits per heavy atom. The van der Waals surface area contributed by atoms with Crippen molar-refractivity contribution in [1.82, 2.24) is 0 Å². The molecule has 1 rings (SSSR count). The molecular formula is C14H21NO3S. The van der Waals surface area contributed by atoms with Gasteiger partial charge in [0.1, 0.15) is 12.4 Å². The van der Waals surface area contributed by atoms with Crippen molar-refractivity contribution in [1.29, 1.82) is 0 Å². The van der Waals surface area contributed by atoms with Crippen molar-refractivity contribution in [3.05, 3.63) is 36.4 Å². The highest BCUT2D eigenvalue weighted by atomic mass is 32.2. The first kappa shape index (κ1) is 15.6. The van der Waals surface area contributed by atoms with Crippen LogP contribution in [0.4, 0.5) is 5.69 Å². The molecule has 0 amide bonds. The molecule has 0 spiro atoms. The highest BCUT2D eigenvalue weighted by Gasteiger charge is 2.16. The van der Waals surface area contributed by atoms with E-state index in [1.807, 2.05) is 6.07 Å². The second kappa shape index (κ2) is 6.61. The lowest BCUT2D eigenvalue weighted by molar-refractivity contribution is 0.337. The fraction of sp³-hybridized carbons (Fsp3) is 0.429. The number of nitrogens with two attached hydrogens (primary N) is 1. The maximum Gasteiger partial charge on any atom is 0.155 e. The number of ether oxygens (including phenoxy) is 1. The second-order valence-electron chi connectivity index (χ2n) is 4.62. The smallest absolute Gasteiger partial charge is 0.155 e. The van der Waals surface area contributed by atoms with Crippen LogP contribution in [-0.2, 0) is 16.3 Å². The molecule has 0 aliphatic heterocycles. The summed E-state index contributed by atoms with van der Waals surface area (Å²) in [5.74, 6) is 0.677. The van der Waals surface area contributed by atoms with Crippen LogP contribution in [0.25, 0.3) is 0 Å². The van der Waals surface area contributed by atoms with Crippen molar-refractivity contribution >= 4 is 15.5 Å². The maximum atomic E-state index is 11.7. The SMILES string of the molecule is C=CCc1cc(N)ccc1OCCS(=O)(=O)C(C)C. The molecule has 1 aromatic rings. The highest BCUT2D eigenvalue weighted by molar-refractivity contribution is 7.91. The van der Waals surface area contributed by atoms with E-state index < -0.39 is 9.84 Å². The summed E-state index contributed by atoms with van der Waals surface area (Å²) in [6.07, 6.45) is 2.39. The van der Waals surface area contributed by atoms with E-state index in [1.54, 1.807) is 32.1 Å². The Kier molecular flexibility index (Phi) is 5.42. The quantitative estimate of drug-likeness (QED) is 0.615. The zero-order valence-electron chi connectivity index (χ0n) is 11.4. The molecule has 0 fully saturated rings. The third-order valence-electron chi connectivity index (χ3n) is 2.79. The number of allylic oxidation sites excluding steroid dienone is 1. The lowest BCUT2D eigenvalue weighted by atomic mass is 10.1. The third kappa shape index (κ3) is 4.59. The molecule has 0 unspecified atom stereocenters. The van der Waals surface area contributed by atoms with Gasteiger partial charge in [0.2, 0.25) is 0 Å². The van der Waals surface area contributed by atoms with Crippen molar-refractivity contribution in [2.45, 2.75) is 25.5 Å². The fourth-order valence-corrected chi connectivity index (χ4v) is 2.35. The molecule has 0 heterocycles. The maximum absolute atomic E-state index is 11.7. The minimum atomic E-state index is -3.07. The first-order valence-electron chi connectivity index (χ1n) is 6.20. The summed E-state index contributed by atoms with van der Waals surface area (Å²) in [5, 5.41) is -0.379. The Morgan fingerprint density at radius 2 is 2.11 bits per heavy atom. The summed E-state index contributed by atoms with van der Waals surface area (Å²) in [6, 6.07) is 5.31. The van der Waals surface area contributed by atoms with Gasteiger partial charge in [-0.2, -0.15) is 0 Å². The molecule has 19 heavy (non-hydrogen) atoms. The van der Waals surface area contributed by atoms with Gasteiger partial charge in [0, 0.05) is 5.69 Å². The number of sulfone groups is 1. The van der Waals surface area contributed by atoms with Gasteiger partial charge >= 0.3 is 0 Å². The van der Waals surface area contributed by atoms with Gasteiger partial charge in [0.25, 0.3) is 0 Å². The van der Waals surface area contributed by atoms with E-state index >= 15 is 0 Å². The normalized spacial score (nSPS) is 11.5. The van der Waals surface area contributed by atoms with Crippen LogP contribution < -0.4 is 10.5 Å². The Balaban J connectivity index is 2.70. The monoisotopic (exact) mass is 283 g/mol. The first-order chi connectivity index (χ1) is 8.86. The van der Waals surface area contributed by atoms with Crippen LogP contribution in [0.3, 0.4) is 0 Å². The lowest BCUT2D eigenvalue weighted by Gasteiger charge is -2.12. The fourth-order valence-electron chi connectivity index (χ4n) is 1.56. The Hall–Kier alpha value is -1.49. The van der Waals surface area contributed by atoms with Gasteiger partial charge in [-0.15, -0.1) is 6.58 Å². The minimum absolute atomic E-state index is 0.0164. The average Bonchev–Trinajstić information content (AvgIpc) is 2.32. The van der Waals surface area contributed by atoms with E-state index in [9.17, 15) is 8.42 Å². The van der Waals surface area contributed by atoms with Gasteiger partial charge in [-0.25, -0.2) is 8.42 Å². The van der Waals surface area contributed by atoms with Gasteiger partial charge in [0.05, 0.1) is 11.0 Å². The van der Waals surface area contributed by atoms with Crippen LogP contribution in [0.5, 0.6) is 5.75 Å². The Morgan fingerprint density at radius 3 is 2.68 bits per heavy atom. The highest BCUT2D eigenvalue weighted by Crippen LogP contribution is 2.22. The van der Waals surface area contributed by atoms with Gasteiger partial charge in [-0.05, 0) is 44.0 Å². The molecular weight excluding hydrogens is 262 g/mol. The molecule has 5 heteroatoms. The molecule has 0 aliphatic carbocycles. The molecule has 0 saturated carbocycles. The second-order valence-corrected chi connectivity index (χ2v) is 7.30. The van der Waals surface area contributed by atoms with E-state index in [0.29, 0.717) is 17.9 Å². The van der Waals surface area contributed by atoms with Crippen LogP contribution in [0.15, 0.2) is 30.9 Å². The topological polar surface area (TPSA) is 69.4 Å². The molecule has 0 atom stereocenters. The zero-order valence-corrected chi connectivity index (χ0v) is 12.2. The Bertz CT molecular complexity index is 536. The van der Waals surface area contributed by atoms with E-state index in [-0.39, 0.29) is 17.6 Å². The zero-order chi connectivity index (χ0) is 14.5. The lowest BCUT2D eigenvalue weighted by Crippen LogP contribution is -2.22. The molecule has 0 radical (unpaired) electrons. The summed E-state index contributed by atoms with van der Waals surface area (Å²) >= 11 is 0. The predicted molar refractivity (Wildman–Crippen MR) is 79.2 cm³/mol. The summed E-state index contributed by atoms with van der Waals surface area (Å²) in [4.78, 5) is 0. The molecule has 1 aromatic carbocycles. The van der Waals surface area contributed by atoms with Gasteiger partial charge in [0.15, 0.2) is 9.84 Å². The van der Waals surface area contributed by atoms with Crippen molar-refractivity contribution in [3.8, 4) is 5.75 Å². The van der Waals surface area contributed by atoms with E-state index in [1.165, 1.54) is 0 Å². The number of rotatable bonds is 7. The van der Waals surface area contributed by atoms with Crippen LogP contribution in [0, 0.1) is 0 Å². The number of hydrogen-bond donors (Lipinski definition) is 1. The average molecular weight is 283 g/mol. The van der Waals surface area contributed by atoms with Crippen molar-refractivity contribution in [2.24, 2.45) is 0 Å². The van der Waals surface area contributed by atoms with Gasteiger partial charge in [-0.3, -0.25) is 0 Å². The summed E-state index contributed by atoms with van der Waals surface area (Å²) in [7, 11) is -3.07. The number of hydrogen-bond acceptors (Lipinski definition) is 4. The summed E-state index contributed by atoms with van der Waals surface area (Å²) < 4.78 is 28.9. The van der Waals surface area contributed by atoms with Crippen LogP contribution in [-0.4, -0.2) is 26.0 Å². The molecule has 2 N–H and O–H groups in total. The van der Waals surface area contributed by atoms with E-state index in [2.05, 4.69) is 6.58 Å². The molecule has 0 saturated heterocycles. The van der Waals surface area contributed by atoms with Gasteiger partial charge in [-0.1, -0.05) is 6.08 Å². The van der Waals surface area contributed by atoms with E-state index in [0.717, 1.165) is 5.56 Å². The Labute approximate surface area is 115 Å². The number of nitrogen functional groups attached to an aromatic ring is 1. The minimum Gasteiger partial charge on any atom is -0.492 e. The largest absolute Gasteiger partial charge is 0.492 e. The third-order valence-corrected chi connectivity index (χ3v) is 4.96. The van der Waals surface area contributed by atoms with Crippen LogP contribution in [0.1, 0.15) is 19.4 Å². The van der Waals surface area contributed by atoms with Crippen molar-refractivity contribution < 1.29 is 13.2 Å². The number of anilines is 1. The van der Waals surface area contributed by atoms with Crippen molar-refractivity contribution in [3.63, 3.8) is 0 Å². The van der Waals surface area contributed by atoms with Gasteiger partial charge < -0.3 is 10.5 Å². The summed E-state index contributed by atoms with van der Waals surface area (Å²) in [6.45, 7) is 7.16. The molecule has 0 bridgehead atoms. The van der Waals surface area contributed by atoms with Crippen LogP contribution >= 0.6 is 0 Å². The molecule has 4 nitrogen and oxygen atoms in total. The standard InChI is InChI=1S/C14H21NO3S/c1-4-5-12-10-13(15)6-7-14(12)18-8-9-19(16,17)11(2)3/h4,6-7,10-11H,1,5,8-9,15H2,2-3H3. The molecule has 0 aliphatic rings. The van der Waals surface area contributed by atoms with E-state index in [4.69, 9.17) is 10.5 Å². The number of benzene rings is 1. The molecule has 106 valence electrons. The predicted octanol–water partition coefficient (Wildman–Crippen LogP) is 2.20.